The molecule has 2 aromatic rings. The summed E-state index contributed by atoms with van der Waals surface area (Å²) < 4.78 is 15.8. The number of hydrogen-bond acceptors (Lipinski definition) is 5. The van der Waals surface area contributed by atoms with Crippen LogP contribution in [0.15, 0.2) is 42.5 Å². The van der Waals surface area contributed by atoms with Crippen LogP contribution in [0.4, 0.5) is 5.69 Å². The third-order valence-electron chi connectivity index (χ3n) is 3.53. The fourth-order valence-corrected chi connectivity index (χ4v) is 2.30. The first kappa shape index (κ1) is 20.1. The standard InChI is InChI=1S/C20H24N2O5/c1-13(2)27-16-7-5-15(6-8-16)22-19(23)12-21-20(24)14-9-17(25-3)11-18(10-14)26-4/h5-11,13H,12H2,1-4H3,(H,21,24)(H,22,23). The third kappa shape index (κ3) is 6.22. The number of rotatable bonds is 8. The molecule has 0 radical (unpaired) electrons. The molecule has 0 aromatic heterocycles. The molecule has 0 saturated carbocycles. The van der Waals surface area contributed by atoms with Gasteiger partial charge >= 0.3 is 0 Å². The summed E-state index contributed by atoms with van der Waals surface area (Å²) in [4.78, 5) is 24.3. The molecule has 0 bridgehead atoms. The zero-order chi connectivity index (χ0) is 19.8. The minimum Gasteiger partial charge on any atom is -0.497 e. The van der Waals surface area contributed by atoms with Gasteiger partial charge in [-0.1, -0.05) is 0 Å². The van der Waals surface area contributed by atoms with Gasteiger partial charge in [-0.3, -0.25) is 9.59 Å². The molecule has 0 fully saturated rings. The number of hydrogen-bond donors (Lipinski definition) is 2. The van der Waals surface area contributed by atoms with Gasteiger partial charge < -0.3 is 24.8 Å². The molecule has 2 N–H and O–H groups in total. The maximum atomic E-state index is 12.3. The van der Waals surface area contributed by atoms with Gasteiger partial charge in [-0.15, -0.1) is 0 Å². The molecule has 144 valence electrons. The average molecular weight is 372 g/mol. The summed E-state index contributed by atoms with van der Waals surface area (Å²) in [5.41, 5.74) is 0.961. The summed E-state index contributed by atoms with van der Waals surface area (Å²) in [7, 11) is 3.00. The summed E-state index contributed by atoms with van der Waals surface area (Å²) in [5, 5.41) is 5.29. The molecule has 0 aliphatic carbocycles. The van der Waals surface area contributed by atoms with Crippen molar-refractivity contribution in [3.63, 3.8) is 0 Å². The first-order valence-corrected chi connectivity index (χ1v) is 8.49. The highest BCUT2D eigenvalue weighted by atomic mass is 16.5. The number of ether oxygens (including phenoxy) is 3. The Morgan fingerprint density at radius 1 is 0.926 bits per heavy atom. The van der Waals surface area contributed by atoms with E-state index in [9.17, 15) is 9.59 Å². The van der Waals surface area contributed by atoms with Gasteiger partial charge in [0, 0.05) is 17.3 Å². The van der Waals surface area contributed by atoms with Gasteiger partial charge in [0.15, 0.2) is 0 Å². The average Bonchev–Trinajstić information content (AvgIpc) is 2.66. The van der Waals surface area contributed by atoms with Crippen molar-refractivity contribution in [3.8, 4) is 17.2 Å². The molecule has 0 aliphatic heterocycles. The lowest BCUT2D eigenvalue weighted by Crippen LogP contribution is -2.32. The maximum absolute atomic E-state index is 12.3. The summed E-state index contributed by atoms with van der Waals surface area (Å²) in [5.74, 6) is 0.974. The van der Waals surface area contributed by atoms with Crippen LogP contribution in [0.1, 0.15) is 24.2 Å². The second-order valence-corrected chi connectivity index (χ2v) is 6.02. The summed E-state index contributed by atoms with van der Waals surface area (Å²) in [6.45, 7) is 3.72. The first-order chi connectivity index (χ1) is 12.9. The number of methoxy groups -OCH3 is 2. The largest absolute Gasteiger partial charge is 0.497 e. The van der Waals surface area contributed by atoms with Crippen molar-refractivity contribution in [1.29, 1.82) is 0 Å². The van der Waals surface area contributed by atoms with Crippen LogP contribution in [0, 0.1) is 0 Å². The van der Waals surface area contributed by atoms with Crippen molar-refractivity contribution in [2.24, 2.45) is 0 Å². The Labute approximate surface area is 158 Å². The topological polar surface area (TPSA) is 85.9 Å². The maximum Gasteiger partial charge on any atom is 0.251 e. The highest BCUT2D eigenvalue weighted by Crippen LogP contribution is 2.22. The van der Waals surface area contributed by atoms with Gasteiger partial charge in [0.1, 0.15) is 17.2 Å². The van der Waals surface area contributed by atoms with Crippen LogP contribution in [-0.4, -0.2) is 38.7 Å². The molecule has 0 saturated heterocycles. The number of benzene rings is 2. The van der Waals surface area contributed by atoms with Gasteiger partial charge in [0.05, 0.1) is 26.9 Å². The smallest absolute Gasteiger partial charge is 0.251 e. The predicted octanol–water partition coefficient (Wildman–Crippen LogP) is 2.86. The molecule has 2 aromatic carbocycles. The Kier molecular flexibility index (Phi) is 7.05. The third-order valence-corrected chi connectivity index (χ3v) is 3.53. The molecule has 2 rings (SSSR count). The number of nitrogens with one attached hydrogen (secondary N) is 2. The zero-order valence-corrected chi connectivity index (χ0v) is 15.9. The van der Waals surface area contributed by atoms with Gasteiger partial charge in [-0.25, -0.2) is 0 Å². The number of anilines is 1. The number of carbonyl (C=O) groups excluding carboxylic acids is 2. The van der Waals surface area contributed by atoms with Crippen LogP contribution >= 0.6 is 0 Å². The molecule has 0 heterocycles. The lowest BCUT2D eigenvalue weighted by molar-refractivity contribution is -0.115. The zero-order valence-electron chi connectivity index (χ0n) is 15.9. The van der Waals surface area contributed by atoms with E-state index in [0.717, 1.165) is 5.75 Å². The van der Waals surface area contributed by atoms with E-state index in [4.69, 9.17) is 14.2 Å². The van der Waals surface area contributed by atoms with Gasteiger partial charge in [0.25, 0.3) is 5.91 Å². The summed E-state index contributed by atoms with van der Waals surface area (Å²) in [6.07, 6.45) is 0.0795. The highest BCUT2D eigenvalue weighted by Gasteiger charge is 2.11. The minimum atomic E-state index is -0.400. The SMILES string of the molecule is COc1cc(OC)cc(C(=O)NCC(=O)Nc2ccc(OC(C)C)cc2)c1. The lowest BCUT2D eigenvalue weighted by atomic mass is 10.2. The van der Waals surface area contributed by atoms with Crippen LogP contribution < -0.4 is 24.8 Å². The molecule has 7 heteroatoms. The van der Waals surface area contributed by atoms with Crippen molar-refractivity contribution >= 4 is 17.5 Å². The second kappa shape index (κ2) is 9.47. The van der Waals surface area contributed by atoms with E-state index in [-0.39, 0.29) is 18.6 Å². The van der Waals surface area contributed by atoms with Crippen LogP contribution in [-0.2, 0) is 4.79 Å². The number of amides is 2. The van der Waals surface area contributed by atoms with E-state index in [1.807, 2.05) is 13.8 Å². The normalized spacial score (nSPS) is 10.3. The van der Waals surface area contributed by atoms with E-state index >= 15 is 0 Å². The van der Waals surface area contributed by atoms with Crippen LogP contribution in [0.3, 0.4) is 0 Å². The summed E-state index contributed by atoms with van der Waals surface area (Å²) >= 11 is 0. The Morgan fingerprint density at radius 3 is 2.04 bits per heavy atom. The first-order valence-electron chi connectivity index (χ1n) is 8.49. The molecule has 2 amide bonds. The van der Waals surface area contributed by atoms with Crippen molar-refractivity contribution in [2.75, 3.05) is 26.1 Å². The fourth-order valence-electron chi connectivity index (χ4n) is 2.30. The van der Waals surface area contributed by atoms with Gasteiger partial charge in [-0.05, 0) is 50.2 Å². The molecule has 27 heavy (non-hydrogen) atoms. The predicted molar refractivity (Wildman–Crippen MR) is 103 cm³/mol. The number of carbonyl (C=O) groups is 2. The molecule has 0 atom stereocenters. The Balaban J connectivity index is 1.90. The molecular formula is C20H24N2O5. The lowest BCUT2D eigenvalue weighted by Gasteiger charge is -2.11. The molecular weight excluding hydrogens is 348 g/mol. The van der Waals surface area contributed by atoms with E-state index < -0.39 is 5.91 Å². The van der Waals surface area contributed by atoms with Crippen molar-refractivity contribution < 1.29 is 23.8 Å². The van der Waals surface area contributed by atoms with Crippen LogP contribution in [0.25, 0.3) is 0 Å². The quantitative estimate of drug-likeness (QED) is 0.744. The fraction of sp³-hybridized carbons (Fsp3) is 0.300. The van der Waals surface area contributed by atoms with E-state index in [1.165, 1.54) is 14.2 Å². The molecule has 0 spiro atoms. The van der Waals surface area contributed by atoms with Crippen molar-refractivity contribution in [3.05, 3.63) is 48.0 Å². The van der Waals surface area contributed by atoms with Crippen LogP contribution in [0.5, 0.6) is 17.2 Å². The van der Waals surface area contributed by atoms with Crippen molar-refractivity contribution in [1.82, 2.24) is 5.32 Å². The van der Waals surface area contributed by atoms with Gasteiger partial charge in [-0.2, -0.15) is 0 Å². The minimum absolute atomic E-state index is 0.0795. The van der Waals surface area contributed by atoms with E-state index in [2.05, 4.69) is 10.6 Å². The van der Waals surface area contributed by atoms with Crippen LogP contribution in [0.2, 0.25) is 0 Å². The second-order valence-electron chi connectivity index (χ2n) is 6.02. The Bertz CT molecular complexity index is 765. The monoisotopic (exact) mass is 372 g/mol. The molecule has 0 aliphatic rings. The Morgan fingerprint density at radius 2 is 1.52 bits per heavy atom. The van der Waals surface area contributed by atoms with Gasteiger partial charge in [0.2, 0.25) is 5.91 Å². The Hall–Kier alpha value is -3.22. The highest BCUT2D eigenvalue weighted by molar-refractivity contribution is 5.99. The van der Waals surface area contributed by atoms with Crippen molar-refractivity contribution in [2.45, 2.75) is 20.0 Å². The van der Waals surface area contributed by atoms with E-state index in [0.29, 0.717) is 22.7 Å². The summed E-state index contributed by atoms with van der Waals surface area (Å²) in [6, 6.07) is 11.8. The molecule has 7 nitrogen and oxygen atoms in total. The molecule has 0 unspecified atom stereocenters. The van der Waals surface area contributed by atoms with E-state index in [1.54, 1.807) is 42.5 Å².